The van der Waals surface area contributed by atoms with Crippen LogP contribution in [-0.4, -0.2) is 18.0 Å². The summed E-state index contributed by atoms with van der Waals surface area (Å²) >= 11 is 7.56. The first kappa shape index (κ1) is 14.0. The van der Waals surface area contributed by atoms with E-state index in [2.05, 4.69) is 16.3 Å². The molecule has 1 aromatic heterocycles. The van der Waals surface area contributed by atoms with Gasteiger partial charge in [0.25, 0.3) is 0 Å². The van der Waals surface area contributed by atoms with E-state index in [0.29, 0.717) is 6.54 Å². The third-order valence-corrected chi connectivity index (χ3v) is 5.16. The van der Waals surface area contributed by atoms with E-state index in [4.69, 9.17) is 17.3 Å². The van der Waals surface area contributed by atoms with Crippen molar-refractivity contribution in [1.29, 1.82) is 0 Å². The highest BCUT2D eigenvalue weighted by Gasteiger charge is 2.24. The Balaban J connectivity index is 1.85. The number of halogens is 2. The molecule has 1 aliphatic rings. The number of benzene rings is 1. The lowest BCUT2D eigenvalue weighted by molar-refractivity contribution is 0.185. The zero-order valence-corrected chi connectivity index (χ0v) is 12.6. The minimum Gasteiger partial charge on any atom is -0.329 e. The van der Waals surface area contributed by atoms with Gasteiger partial charge in [0.15, 0.2) is 0 Å². The summed E-state index contributed by atoms with van der Waals surface area (Å²) in [5, 5.41) is 2.29. The highest BCUT2D eigenvalue weighted by molar-refractivity contribution is 7.10. The van der Waals surface area contributed by atoms with Gasteiger partial charge in [-0.3, -0.25) is 4.90 Å². The van der Waals surface area contributed by atoms with Gasteiger partial charge in [-0.05, 0) is 41.1 Å². The first-order valence-electron chi connectivity index (χ1n) is 6.63. The highest BCUT2D eigenvalue weighted by atomic mass is 35.5. The minimum absolute atomic E-state index is 0.0369. The molecule has 106 valence electrons. The number of nitrogens with two attached hydrogens (primary N) is 1. The maximum atomic E-state index is 13.6. The van der Waals surface area contributed by atoms with Crippen LogP contribution in [0.25, 0.3) is 0 Å². The molecule has 0 aliphatic carbocycles. The van der Waals surface area contributed by atoms with Crippen LogP contribution in [0.15, 0.2) is 29.6 Å². The topological polar surface area (TPSA) is 29.3 Å². The van der Waals surface area contributed by atoms with Crippen molar-refractivity contribution < 1.29 is 4.39 Å². The van der Waals surface area contributed by atoms with Crippen LogP contribution in [0, 0.1) is 5.82 Å². The SMILES string of the molecule is NCC(c1ccc(Cl)c(F)c1)N1CCc2sccc2C1. The van der Waals surface area contributed by atoms with Gasteiger partial charge in [-0.15, -0.1) is 11.3 Å². The van der Waals surface area contributed by atoms with Gasteiger partial charge in [0.1, 0.15) is 5.82 Å². The summed E-state index contributed by atoms with van der Waals surface area (Å²) in [6, 6.07) is 7.18. The Morgan fingerprint density at radius 3 is 3.00 bits per heavy atom. The Kier molecular flexibility index (Phi) is 4.08. The van der Waals surface area contributed by atoms with Crippen molar-refractivity contribution in [2.75, 3.05) is 13.1 Å². The normalized spacial score (nSPS) is 16.9. The van der Waals surface area contributed by atoms with Crippen molar-refractivity contribution in [3.63, 3.8) is 0 Å². The van der Waals surface area contributed by atoms with E-state index in [1.807, 2.05) is 17.4 Å². The average Bonchev–Trinajstić information content (AvgIpc) is 2.91. The molecule has 2 heterocycles. The second kappa shape index (κ2) is 5.82. The summed E-state index contributed by atoms with van der Waals surface area (Å²) in [5.74, 6) is -0.379. The lowest BCUT2D eigenvalue weighted by Gasteiger charge is -2.34. The quantitative estimate of drug-likeness (QED) is 0.938. The first-order chi connectivity index (χ1) is 9.69. The summed E-state index contributed by atoms with van der Waals surface area (Å²) in [7, 11) is 0. The predicted octanol–water partition coefficient (Wildman–Crippen LogP) is 3.60. The number of hydrogen-bond acceptors (Lipinski definition) is 3. The van der Waals surface area contributed by atoms with E-state index in [1.165, 1.54) is 16.5 Å². The maximum absolute atomic E-state index is 13.6. The maximum Gasteiger partial charge on any atom is 0.142 e. The first-order valence-corrected chi connectivity index (χ1v) is 7.89. The lowest BCUT2D eigenvalue weighted by atomic mass is 10.0. The summed E-state index contributed by atoms with van der Waals surface area (Å²) in [6.45, 7) is 2.31. The van der Waals surface area contributed by atoms with Crippen molar-refractivity contribution in [2.24, 2.45) is 5.73 Å². The molecule has 2 aromatic rings. The van der Waals surface area contributed by atoms with Crippen LogP contribution in [0.2, 0.25) is 5.02 Å². The van der Waals surface area contributed by atoms with Crippen LogP contribution in [0.5, 0.6) is 0 Å². The van der Waals surface area contributed by atoms with E-state index in [-0.39, 0.29) is 16.9 Å². The van der Waals surface area contributed by atoms with E-state index in [1.54, 1.807) is 6.07 Å². The predicted molar refractivity (Wildman–Crippen MR) is 81.6 cm³/mol. The van der Waals surface area contributed by atoms with Crippen LogP contribution in [0.4, 0.5) is 4.39 Å². The molecule has 1 aromatic carbocycles. The molecule has 20 heavy (non-hydrogen) atoms. The number of hydrogen-bond donors (Lipinski definition) is 1. The smallest absolute Gasteiger partial charge is 0.142 e. The van der Waals surface area contributed by atoms with Gasteiger partial charge in [0.2, 0.25) is 0 Å². The molecule has 1 aliphatic heterocycles. The van der Waals surface area contributed by atoms with Crippen LogP contribution in [-0.2, 0) is 13.0 Å². The molecule has 0 radical (unpaired) electrons. The summed E-state index contributed by atoms with van der Waals surface area (Å²) < 4.78 is 13.6. The molecular weight excluding hydrogens is 295 g/mol. The zero-order chi connectivity index (χ0) is 14.1. The Labute approximate surface area is 127 Å². The van der Waals surface area contributed by atoms with Crippen molar-refractivity contribution >= 4 is 22.9 Å². The van der Waals surface area contributed by atoms with Crippen LogP contribution in [0.1, 0.15) is 22.0 Å². The fourth-order valence-electron chi connectivity index (χ4n) is 2.75. The van der Waals surface area contributed by atoms with Crippen LogP contribution >= 0.6 is 22.9 Å². The van der Waals surface area contributed by atoms with Crippen LogP contribution in [0.3, 0.4) is 0 Å². The zero-order valence-electron chi connectivity index (χ0n) is 11.0. The fourth-order valence-corrected chi connectivity index (χ4v) is 3.76. The number of rotatable bonds is 3. The molecular formula is C15H16ClFN2S. The van der Waals surface area contributed by atoms with Gasteiger partial charge in [-0.25, -0.2) is 4.39 Å². The van der Waals surface area contributed by atoms with Crippen molar-refractivity contribution in [2.45, 2.75) is 19.0 Å². The molecule has 0 amide bonds. The number of fused-ring (bicyclic) bond motifs is 1. The van der Waals surface area contributed by atoms with E-state index < -0.39 is 0 Å². The van der Waals surface area contributed by atoms with Gasteiger partial charge < -0.3 is 5.73 Å². The van der Waals surface area contributed by atoms with Gasteiger partial charge in [0, 0.05) is 30.6 Å². The van der Waals surface area contributed by atoms with E-state index in [9.17, 15) is 4.39 Å². The molecule has 5 heteroatoms. The van der Waals surface area contributed by atoms with Crippen molar-refractivity contribution in [1.82, 2.24) is 4.90 Å². The third kappa shape index (κ3) is 2.61. The Morgan fingerprint density at radius 1 is 1.40 bits per heavy atom. The Hall–Kier alpha value is -0.940. The van der Waals surface area contributed by atoms with Crippen LogP contribution < -0.4 is 5.73 Å². The Morgan fingerprint density at radius 2 is 2.25 bits per heavy atom. The molecule has 2 nitrogen and oxygen atoms in total. The minimum atomic E-state index is -0.379. The summed E-state index contributed by atoms with van der Waals surface area (Å²) in [4.78, 5) is 3.77. The number of nitrogens with zero attached hydrogens (tertiary/aromatic N) is 1. The van der Waals surface area contributed by atoms with Gasteiger partial charge in [-0.1, -0.05) is 17.7 Å². The molecule has 1 unspecified atom stereocenters. The molecule has 1 atom stereocenters. The highest BCUT2D eigenvalue weighted by Crippen LogP contribution is 2.31. The molecule has 0 fully saturated rings. The molecule has 0 saturated heterocycles. The molecule has 3 rings (SSSR count). The second-order valence-electron chi connectivity index (χ2n) is 5.01. The largest absolute Gasteiger partial charge is 0.329 e. The number of thiophene rings is 1. The molecule has 2 N–H and O–H groups in total. The molecule has 0 bridgehead atoms. The monoisotopic (exact) mass is 310 g/mol. The van der Waals surface area contributed by atoms with Gasteiger partial charge in [-0.2, -0.15) is 0 Å². The van der Waals surface area contributed by atoms with Crippen molar-refractivity contribution in [3.05, 3.63) is 56.5 Å². The Bertz CT molecular complexity index is 614. The third-order valence-electron chi connectivity index (χ3n) is 3.83. The summed E-state index contributed by atoms with van der Waals surface area (Å²) in [6.07, 6.45) is 1.04. The van der Waals surface area contributed by atoms with E-state index >= 15 is 0 Å². The molecule has 0 saturated carbocycles. The van der Waals surface area contributed by atoms with Gasteiger partial charge in [0.05, 0.1) is 5.02 Å². The average molecular weight is 311 g/mol. The fraction of sp³-hybridized carbons (Fsp3) is 0.333. The molecule has 0 spiro atoms. The second-order valence-corrected chi connectivity index (χ2v) is 6.42. The summed E-state index contributed by atoms with van der Waals surface area (Å²) in [5.41, 5.74) is 8.19. The van der Waals surface area contributed by atoms with Gasteiger partial charge >= 0.3 is 0 Å². The van der Waals surface area contributed by atoms with E-state index in [0.717, 1.165) is 25.1 Å². The lowest BCUT2D eigenvalue weighted by Crippen LogP contribution is -2.37. The standard InChI is InChI=1S/C15H16ClFN2S/c16-12-2-1-10(7-13(12)17)14(8-18)19-5-3-15-11(9-19)4-6-20-15/h1-2,4,6-7,14H,3,5,8-9,18H2. The van der Waals surface area contributed by atoms with Crippen molar-refractivity contribution in [3.8, 4) is 0 Å².